The van der Waals surface area contributed by atoms with Crippen LogP contribution in [0.1, 0.15) is 40.5 Å². The van der Waals surface area contributed by atoms with Crippen LogP contribution < -0.4 is 0 Å². The molecule has 0 spiro atoms. The molecule has 0 aromatic carbocycles. The summed E-state index contributed by atoms with van der Waals surface area (Å²) in [4.78, 5) is 22.8. The Kier molecular flexibility index (Phi) is 5.10. The second-order valence-corrected chi connectivity index (χ2v) is 6.25. The first-order chi connectivity index (χ1) is 10.0. The molecule has 22 heavy (non-hydrogen) atoms. The molecule has 0 radical (unpaired) electrons. The van der Waals surface area contributed by atoms with E-state index >= 15 is 0 Å². The molecule has 0 saturated carbocycles. The third kappa shape index (κ3) is 3.34. The van der Waals surface area contributed by atoms with Gasteiger partial charge in [-0.3, -0.25) is 4.79 Å². The number of Topliss-reactive ketones (excluding diaryl/α,β-unsaturated/α-hetero) is 1. The van der Waals surface area contributed by atoms with Crippen molar-refractivity contribution in [1.82, 2.24) is 0 Å². The van der Waals surface area contributed by atoms with Crippen LogP contribution in [0, 0.1) is 16.7 Å². The number of carboxylic acids is 1. The zero-order valence-electron chi connectivity index (χ0n) is 13.3. The molecule has 1 rings (SSSR count). The van der Waals surface area contributed by atoms with Crippen molar-refractivity contribution in [2.24, 2.45) is 5.41 Å². The highest BCUT2D eigenvalue weighted by molar-refractivity contribution is 5.98. The number of rotatable bonds is 4. The monoisotopic (exact) mass is 303 g/mol. The van der Waals surface area contributed by atoms with Crippen molar-refractivity contribution >= 4 is 11.8 Å². The molecule has 2 N–H and O–H groups in total. The van der Waals surface area contributed by atoms with Gasteiger partial charge in [0.05, 0.1) is 12.5 Å². The first-order valence-corrected chi connectivity index (χ1v) is 6.98. The normalized spacial score (nSPS) is 25.5. The van der Waals surface area contributed by atoms with Gasteiger partial charge < -0.3 is 10.2 Å². The first-order valence-electron chi connectivity index (χ1n) is 6.98. The molecule has 0 heterocycles. The summed E-state index contributed by atoms with van der Waals surface area (Å²) in [6, 6.07) is 1.95. The second-order valence-electron chi connectivity index (χ2n) is 6.25. The van der Waals surface area contributed by atoms with Crippen LogP contribution in [0.3, 0.4) is 0 Å². The fourth-order valence-electron chi connectivity index (χ4n) is 2.75. The molecule has 0 unspecified atom stereocenters. The van der Waals surface area contributed by atoms with E-state index in [-0.39, 0.29) is 18.6 Å². The number of ketones is 1. The molecule has 0 aromatic heterocycles. The van der Waals surface area contributed by atoms with E-state index < -0.39 is 17.0 Å². The third-order valence-corrected chi connectivity index (χ3v) is 4.19. The van der Waals surface area contributed by atoms with Gasteiger partial charge in [-0.05, 0) is 31.1 Å². The van der Waals surface area contributed by atoms with E-state index in [1.54, 1.807) is 27.7 Å². The van der Waals surface area contributed by atoms with Crippen molar-refractivity contribution in [2.45, 2.75) is 46.1 Å². The molecule has 0 saturated heterocycles. The number of carbonyl (C=O) groups excluding carboxylic acids is 1. The molecule has 0 amide bonds. The summed E-state index contributed by atoms with van der Waals surface area (Å²) < 4.78 is 0. The minimum Gasteiger partial charge on any atom is -0.478 e. The van der Waals surface area contributed by atoms with Crippen LogP contribution in [0.15, 0.2) is 34.9 Å². The zero-order valence-corrected chi connectivity index (χ0v) is 13.3. The summed E-state index contributed by atoms with van der Waals surface area (Å²) >= 11 is 0. The maximum atomic E-state index is 12.1. The lowest BCUT2D eigenvalue weighted by atomic mass is 9.62. The topological polar surface area (TPSA) is 98.4 Å². The Morgan fingerprint density at radius 2 is 2.05 bits per heavy atom. The maximum Gasteiger partial charge on any atom is 0.328 e. The summed E-state index contributed by atoms with van der Waals surface area (Å²) in [7, 11) is 0. The van der Waals surface area contributed by atoms with Gasteiger partial charge >= 0.3 is 5.97 Å². The van der Waals surface area contributed by atoms with Crippen LogP contribution in [0.25, 0.3) is 0 Å². The summed E-state index contributed by atoms with van der Waals surface area (Å²) in [6.45, 7) is 6.81. The lowest BCUT2D eigenvalue weighted by Gasteiger charge is -2.45. The fourth-order valence-corrected chi connectivity index (χ4v) is 2.75. The number of aliphatic hydroxyl groups is 1. The van der Waals surface area contributed by atoms with Gasteiger partial charge in [-0.1, -0.05) is 19.9 Å². The van der Waals surface area contributed by atoms with Crippen molar-refractivity contribution in [1.29, 1.82) is 5.26 Å². The maximum absolute atomic E-state index is 12.1. The molecule has 0 aromatic rings. The lowest BCUT2D eigenvalue weighted by molar-refractivity contribution is -0.131. The molecular weight excluding hydrogens is 282 g/mol. The van der Waals surface area contributed by atoms with E-state index in [2.05, 4.69) is 0 Å². The van der Waals surface area contributed by atoms with Crippen molar-refractivity contribution in [3.05, 3.63) is 34.9 Å². The SMILES string of the molecule is CC1=C(CC#N)C(=O)CC(C)(C)[C@]1(O)/C=C/C(C)=C\C(=O)O. The van der Waals surface area contributed by atoms with Crippen LogP contribution >= 0.6 is 0 Å². The number of aliphatic carboxylic acids is 1. The summed E-state index contributed by atoms with van der Waals surface area (Å²) in [5.74, 6) is -1.19. The second kappa shape index (κ2) is 6.29. The molecule has 0 bridgehead atoms. The van der Waals surface area contributed by atoms with E-state index in [0.29, 0.717) is 16.7 Å². The molecule has 0 aliphatic heterocycles. The fraction of sp³-hybridized carbons (Fsp3) is 0.471. The van der Waals surface area contributed by atoms with E-state index in [4.69, 9.17) is 10.4 Å². The summed E-state index contributed by atoms with van der Waals surface area (Å²) in [5.41, 5.74) is -0.875. The third-order valence-electron chi connectivity index (χ3n) is 4.19. The quantitative estimate of drug-likeness (QED) is 0.614. The summed E-state index contributed by atoms with van der Waals surface area (Å²) in [6.07, 6.45) is 4.17. The highest BCUT2D eigenvalue weighted by atomic mass is 16.4. The number of nitrogens with zero attached hydrogens (tertiary/aromatic N) is 1. The predicted octanol–water partition coefficient (Wildman–Crippen LogP) is 2.53. The smallest absolute Gasteiger partial charge is 0.328 e. The van der Waals surface area contributed by atoms with Crippen LogP contribution in [0.2, 0.25) is 0 Å². The van der Waals surface area contributed by atoms with Crippen molar-refractivity contribution in [3.63, 3.8) is 0 Å². The number of allylic oxidation sites excluding steroid dienone is 3. The van der Waals surface area contributed by atoms with Crippen LogP contribution in [-0.2, 0) is 9.59 Å². The van der Waals surface area contributed by atoms with Crippen LogP contribution in [0.5, 0.6) is 0 Å². The van der Waals surface area contributed by atoms with Gasteiger partial charge in [-0.2, -0.15) is 5.26 Å². The number of nitriles is 1. The molecule has 5 heteroatoms. The van der Waals surface area contributed by atoms with Gasteiger partial charge in [0, 0.05) is 23.5 Å². The average molecular weight is 303 g/mol. The minimum absolute atomic E-state index is 0.0408. The van der Waals surface area contributed by atoms with Crippen LogP contribution in [0.4, 0.5) is 0 Å². The Labute approximate surface area is 130 Å². The molecular formula is C17H21NO4. The van der Waals surface area contributed by atoms with Gasteiger partial charge in [0.25, 0.3) is 0 Å². The standard InChI is InChI=1S/C17H21NO4/c1-11(9-15(20)21)5-7-17(22)12(2)13(6-8-18)14(19)10-16(17,3)4/h5,7,9,22H,6,10H2,1-4H3,(H,20,21)/b7-5+,11-9-/t17-/m0/s1. The Bertz CT molecular complexity index is 632. The van der Waals surface area contributed by atoms with Gasteiger partial charge in [-0.25, -0.2) is 4.79 Å². The van der Waals surface area contributed by atoms with Crippen molar-refractivity contribution in [2.75, 3.05) is 0 Å². The Morgan fingerprint density at radius 3 is 2.55 bits per heavy atom. The van der Waals surface area contributed by atoms with E-state index in [1.807, 2.05) is 6.07 Å². The van der Waals surface area contributed by atoms with Gasteiger partial charge in [-0.15, -0.1) is 0 Å². The Hall–Kier alpha value is -2.19. The lowest BCUT2D eigenvalue weighted by Crippen LogP contribution is -2.49. The number of hydrogen-bond donors (Lipinski definition) is 2. The summed E-state index contributed by atoms with van der Waals surface area (Å²) in [5, 5.41) is 28.7. The van der Waals surface area contributed by atoms with Gasteiger partial charge in [0.2, 0.25) is 0 Å². The Morgan fingerprint density at radius 1 is 1.45 bits per heavy atom. The predicted molar refractivity (Wildman–Crippen MR) is 81.8 cm³/mol. The van der Waals surface area contributed by atoms with E-state index in [9.17, 15) is 14.7 Å². The average Bonchev–Trinajstić information content (AvgIpc) is 2.38. The van der Waals surface area contributed by atoms with E-state index in [0.717, 1.165) is 6.08 Å². The Balaban J connectivity index is 3.38. The van der Waals surface area contributed by atoms with E-state index in [1.165, 1.54) is 12.2 Å². The highest BCUT2D eigenvalue weighted by Gasteiger charge is 2.49. The zero-order chi connectivity index (χ0) is 17.1. The minimum atomic E-state index is -1.40. The molecule has 1 aliphatic carbocycles. The molecule has 1 atom stereocenters. The highest BCUT2D eigenvalue weighted by Crippen LogP contribution is 2.47. The van der Waals surface area contributed by atoms with Crippen LogP contribution in [-0.4, -0.2) is 27.6 Å². The number of carbonyl (C=O) groups is 2. The molecule has 5 nitrogen and oxygen atoms in total. The van der Waals surface area contributed by atoms with Gasteiger partial charge in [0.1, 0.15) is 5.60 Å². The number of hydrogen-bond acceptors (Lipinski definition) is 4. The van der Waals surface area contributed by atoms with Gasteiger partial charge in [0.15, 0.2) is 5.78 Å². The molecule has 0 fully saturated rings. The molecule has 1 aliphatic rings. The number of carboxylic acid groups (broad SMARTS) is 1. The van der Waals surface area contributed by atoms with Crippen molar-refractivity contribution < 1.29 is 19.8 Å². The molecule has 118 valence electrons. The largest absolute Gasteiger partial charge is 0.478 e. The first kappa shape index (κ1) is 17.9. The van der Waals surface area contributed by atoms with Crippen molar-refractivity contribution in [3.8, 4) is 6.07 Å².